The van der Waals surface area contributed by atoms with Gasteiger partial charge in [0.2, 0.25) is 0 Å². The van der Waals surface area contributed by atoms with E-state index in [4.69, 9.17) is 32.0 Å². The van der Waals surface area contributed by atoms with Gasteiger partial charge in [-0.15, -0.1) is 11.3 Å². The molecule has 162 valence electrons. The average molecular weight is 469 g/mol. The van der Waals surface area contributed by atoms with Gasteiger partial charge in [-0.3, -0.25) is 0 Å². The van der Waals surface area contributed by atoms with Crippen molar-refractivity contribution in [2.24, 2.45) is 0 Å². The number of imidazole rings is 1. The summed E-state index contributed by atoms with van der Waals surface area (Å²) in [6.45, 7) is 0.232. The normalized spacial score (nSPS) is 11.2. The molecule has 0 atom stereocenters. The second-order valence-electron chi connectivity index (χ2n) is 6.97. The van der Waals surface area contributed by atoms with Crippen LogP contribution in [-0.2, 0) is 6.61 Å². The number of aromatic amines is 1. The van der Waals surface area contributed by atoms with Crippen LogP contribution in [0.5, 0.6) is 11.5 Å². The first kappa shape index (κ1) is 20.3. The van der Waals surface area contributed by atoms with Crippen molar-refractivity contribution in [1.29, 1.82) is 0 Å². The van der Waals surface area contributed by atoms with Crippen LogP contribution in [0.1, 0.15) is 5.69 Å². The topological polar surface area (TPSA) is 91.2 Å². The molecule has 2 aromatic carbocycles. The number of hydrogen-bond acceptors (Lipinski definition) is 7. The number of thiazole rings is 1. The molecule has 5 aromatic rings. The Kier molecular flexibility index (Phi) is 5.16. The van der Waals surface area contributed by atoms with Gasteiger partial charge in [-0.25, -0.2) is 14.1 Å². The first-order chi connectivity index (χ1) is 15.5. The molecular formula is C22H17FN4O3S2. The number of halogens is 1. The van der Waals surface area contributed by atoms with E-state index in [1.54, 1.807) is 31.5 Å². The number of nitrogens with zero attached hydrogens (tertiary/aromatic N) is 2. The smallest absolute Gasteiger partial charge is 0.196 e. The van der Waals surface area contributed by atoms with E-state index in [9.17, 15) is 4.39 Å². The highest BCUT2D eigenvalue weighted by molar-refractivity contribution is 7.71. The predicted octanol–water partition coefficient (Wildman–Crippen LogP) is 5.52. The fourth-order valence-corrected chi connectivity index (χ4v) is 4.23. The molecule has 3 heterocycles. The Hall–Kier alpha value is -3.63. The van der Waals surface area contributed by atoms with Gasteiger partial charge in [0.25, 0.3) is 0 Å². The lowest BCUT2D eigenvalue weighted by Crippen LogP contribution is -2.05. The number of fused-ring (bicyclic) bond motifs is 1. The molecule has 0 unspecified atom stereocenters. The van der Waals surface area contributed by atoms with E-state index >= 15 is 0 Å². The lowest BCUT2D eigenvalue weighted by molar-refractivity contribution is 0.303. The van der Waals surface area contributed by atoms with Gasteiger partial charge in [-0.2, -0.15) is 0 Å². The summed E-state index contributed by atoms with van der Waals surface area (Å²) in [6, 6.07) is 11.8. The first-order valence-electron chi connectivity index (χ1n) is 9.52. The summed E-state index contributed by atoms with van der Waals surface area (Å²) in [7, 11) is 1.58. The molecule has 0 amide bonds. The van der Waals surface area contributed by atoms with Crippen molar-refractivity contribution < 1.29 is 18.3 Å². The highest BCUT2D eigenvalue weighted by atomic mass is 32.1. The standard InChI is InChI=1S/C22H17FN4O3S2/c1-28-15-6-18(16-8-20(30-19(16)7-15)17-9-27(24)22(31)26-17)29-10-14-11-32-21(25-14)12-3-2-4-13(23)5-12/h2-9,11H,10,24H2,1H3,(H,26,31). The van der Waals surface area contributed by atoms with E-state index < -0.39 is 0 Å². The zero-order chi connectivity index (χ0) is 22.2. The fraction of sp³-hybridized carbons (Fsp3) is 0.0909. The Balaban J connectivity index is 1.44. The van der Waals surface area contributed by atoms with Crippen LogP contribution in [0.2, 0.25) is 0 Å². The molecular weight excluding hydrogens is 451 g/mol. The summed E-state index contributed by atoms with van der Waals surface area (Å²) in [5, 5.41) is 3.39. The highest BCUT2D eigenvalue weighted by Crippen LogP contribution is 2.37. The Labute approximate surface area is 190 Å². The summed E-state index contributed by atoms with van der Waals surface area (Å²) in [5.74, 6) is 7.23. The summed E-state index contributed by atoms with van der Waals surface area (Å²) in [5.41, 5.74) is 2.71. The average Bonchev–Trinajstić information content (AvgIpc) is 3.50. The molecule has 0 spiro atoms. The zero-order valence-corrected chi connectivity index (χ0v) is 18.4. The molecule has 0 saturated carbocycles. The van der Waals surface area contributed by atoms with Crippen molar-refractivity contribution in [3.8, 4) is 33.5 Å². The predicted molar refractivity (Wildman–Crippen MR) is 123 cm³/mol. The Morgan fingerprint density at radius 2 is 2.16 bits per heavy atom. The molecule has 32 heavy (non-hydrogen) atoms. The minimum atomic E-state index is -0.296. The summed E-state index contributed by atoms with van der Waals surface area (Å²) in [4.78, 5) is 7.56. The van der Waals surface area contributed by atoms with E-state index in [1.807, 2.05) is 17.5 Å². The number of aromatic nitrogens is 3. The van der Waals surface area contributed by atoms with Gasteiger partial charge in [-0.1, -0.05) is 12.1 Å². The van der Waals surface area contributed by atoms with Crippen molar-refractivity contribution in [3.05, 3.63) is 70.3 Å². The Morgan fingerprint density at radius 1 is 1.28 bits per heavy atom. The Bertz CT molecular complexity index is 1480. The third kappa shape index (κ3) is 3.85. The van der Waals surface area contributed by atoms with Crippen LogP contribution in [0.15, 0.2) is 58.5 Å². The van der Waals surface area contributed by atoms with Crippen LogP contribution in [-0.4, -0.2) is 21.8 Å². The number of nitrogens with two attached hydrogens (primary N) is 1. The number of hydrogen-bond donors (Lipinski definition) is 2. The number of methoxy groups -OCH3 is 1. The van der Waals surface area contributed by atoms with Gasteiger partial charge >= 0.3 is 0 Å². The largest absolute Gasteiger partial charge is 0.496 e. The molecule has 0 aliphatic heterocycles. The molecule has 0 aliphatic rings. The maximum Gasteiger partial charge on any atom is 0.196 e. The van der Waals surface area contributed by atoms with Crippen molar-refractivity contribution in [3.63, 3.8) is 0 Å². The fourth-order valence-electron chi connectivity index (χ4n) is 3.27. The number of H-pyrrole nitrogens is 1. The summed E-state index contributed by atoms with van der Waals surface area (Å²) in [6.07, 6.45) is 1.65. The lowest BCUT2D eigenvalue weighted by atomic mass is 10.2. The zero-order valence-electron chi connectivity index (χ0n) is 16.8. The van der Waals surface area contributed by atoms with Gasteiger partial charge in [-0.05, 0) is 30.4 Å². The first-order valence-corrected chi connectivity index (χ1v) is 10.8. The highest BCUT2D eigenvalue weighted by Gasteiger charge is 2.15. The number of nitrogen functional groups attached to an aromatic ring is 1. The van der Waals surface area contributed by atoms with E-state index in [-0.39, 0.29) is 12.4 Å². The molecule has 5 rings (SSSR count). The number of ether oxygens (including phenoxy) is 2. The van der Waals surface area contributed by atoms with E-state index in [0.717, 1.165) is 21.7 Å². The summed E-state index contributed by atoms with van der Waals surface area (Å²) < 4.78 is 32.6. The molecule has 0 aliphatic carbocycles. The van der Waals surface area contributed by atoms with Crippen LogP contribution in [0.4, 0.5) is 4.39 Å². The number of furan rings is 1. The van der Waals surface area contributed by atoms with Crippen molar-refractivity contribution >= 4 is 34.5 Å². The van der Waals surface area contributed by atoms with Gasteiger partial charge in [0, 0.05) is 23.1 Å². The maximum atomic E-state index is 13.5. The molecule has 10 heteroatoms. The second-order valence-corrected chi connectivity index (χ2v) is 8.22. The van der Waals surface area contributed by atoms with Gasteiger partial charge < -0.3 is 24.7 Å². The van der Waals surface area contributed by atoms with Crippen molar-refractivity contribution in [2.75, 3.05) is 13.0 Å². The molecule has 0 saturated heterocycles. The van der Waals surface area contributed by atoms with Gasteiger partial charge in [0.15, 0.2) is 10.5 Å². The maximum absolute atomic E-state index is 13.5. The third-order valence-corrected chi connectivity index (χ3v) is 6.07. The van der Waals surface area contributed by atoms with Gasteiger partial charge in [0.05, 0.1) is 24.4 Å². The second kappa shape index (κ2) is 8.13. The Morgan fingerprint density at radius 3 is 2.91 bits per heavy atom. The number of benzene rings is 2. The van der Waals surface area contributed by atoms with Crippen LogP contribution < -0.4 is 15.3 Å². The molecule has 0 fully saturated rings. The molecule has 0 radical (unpaired) electrons. The van der Waals surface area contributed by atoms with E-state index in [2.05, 4.69) is 9.97 Å². The molecule has 7 nitrogen and oxygen atoms in total. The molecule has 0 bridgehead atoms. The monoisotopic (exact) mass is 468 g/mol. The number of rotatable bonds is 6. The number of nitrogens with one attached hydrogen (secondary N) is 1. The lowest BCUT2D eigenvalue weighted by Gasteiger charge is -2.07. The van der Waals surface area contributed by atoms with Crippen LogP contribution in [0.3, 0.4) is 0 Å². The third-order valence-electron chi connectivity index (χ3n) is 4.82. The van der Waals surface area contributed by atoms with Crippen LogP contribution in [0.25, 0.3) is 33.0 Å². The van der Waals surface area contributed by atoms with Crippen LogP contribution >= 0.6 is 23.6 Å². The minimum Gasteiger partial charge on any atom is -0.496 e. The van der Waals surface area contributed by atoms with Gasteiger partial charge in [0.1, 0.15) is 40.2 Å². The molecule has 3 aromatic heterocycles. The molecule has 3 N–H and O–H groups in total. The van der Waals surface area contributed by atoms with Crippen molar-refractivity contribution in [2.45, 2.75) is 6.61 Å². The quantitative estimate of drug-likeness (QED) is 0.252. The van der Waals surface area contributed by atoms with E-state index in [0.29, 0.717) is 33.3 Å². The minimum absolute atomic E-state index is 0.232. The summed E-state index contributed by atoms with van der Waals surface area (Å²) >= 11 is 6.56. The SMILES string of the molecule is COc1cc(OCc2csc(-c3cccc(F)c3)n2)c2cc(-c3cn(N)c(=S)[nH]3)oc2c1. The van der Waals surface area contributed by atoms with E-state index in [1.165, 1.54) is 28.1 Å². The van der Waals surface area contributed by atoms with Crippen LogP contribution in [0, 0.1) is 10.6 Å². The van der Waals surface area contributed by atoms with Crippen molar-refractivity contribution in [1.82, 2.24) is 14.6 Å².